The van der Waals surface area contributed by atoms with Crippen LogP contribution in [0.15, 0.2) is 53.4 Å². The van der Waals surface area contributed by atoms with Gasteiger partial charge in [0.15, 0.2) is 0 Å². The van der Waals surface area contributed by atoms with Crippen LogP contribution in [0.2, 0.25) is 0 Å². The average molecular weight is 458 g/mol. The number of aryl methyl sites for hydroxylation is 1. The van der Waals surface area contributed by atoms with Crippen molar-refractivity contribution in [2.24, 2.45) is 0 Å². The maximum atomic E-state index is 13.1. The second-order valence-corrected chi connectivity index (χ2v) is 10.2. The minimum atomic E-state index is -3.59. The number of piperidine rings is 1. The standard InChI is InChI=1S/C25H35N3O3S/c1-4-27(5-2)24(21-12-8-6-9-13-21)19-26-25(29)23-18-22(15-14-20(23)3)32(30,31)28-16-10-7-11-17-28/h6,8-9,12-15,18,24H,4-5,7,10-11,16-17,19H2,1-3H3,(H,26,29). The van der Waals surface area contributed by atoms with E-state index < -0.39 is 10.0 Å². The van der Waals surface area contributed by atoms with E-state index in [1.54, 1.807) is 12.1 Å². The summed E-state index contributed by atoms with van der Waals surface area (Å²) in [6, 6.07) is 15.1. The van der Waals surface area contributed by atoms with Crippen LogP contribution < -0.4 is 5.32 Å². The van der Waals surface area contributed by atoms with Crippen molar-refractivity contribution in [3.63, 3.8) is 0 Å². The third-order valence-electron chi connectivity index (χ3n) is 6.30. The first-order valence-corrected chi connectivity index (χ1v) is 13.0. The topological polar surface area (TPSA) is 69.7 Å². The maximum Gasteiger partial charge on any atom is 0.251 e. The molecule has 1 amide bonds. The molecule has 6 nitrogen and oxygen atoms in total. The van der Waals surface area contributed by atoms with E-state index in [-0.39, 0.29) is 16.8 Å². The lowest BCUT2D eigenvalue weighted by Crippen LogP contribution is -2.38. The van der Waals surface area contributed by atoms with E-state index in [2.05, 4.69) is 36.2 Å². The van der Waals surface area contributed by atoms with Gasteiger partial charge in [0.25, 0.3) is 5.91 Å². The molecule has 0 aromatic heterocycles. The summed E-state index contributed by atoms with van der Waals surface area (Å²) in [4.78, 5) is 15.6. The fraction of sp³-hybridized carbons (Fsp3) is 0.480. The van der Waals surface area contributed by atoms with E-state index >= 15 is 0 Å². The van der Waals surface area contributed by atoms with Crippen LogP contribution in [-0.4, -0.2) is 56.3 Å². The molecule has 1 aliphatic rings. The Morgan fingerprint density at radius 3 is 2.31 bits per heavy atom. The number of carbonyl (C=O) groups excluding carboxylic acids is 1. The molecule has 0 aliphatic carbocycles. The number of nitrogens with zero attached hydrogens (tertiary/aromatic N) is 2. The van der Waals surface area contributed by atoms with Gasteiger partial charge in [0.2, 0.25) is 10.0 Å². The highest BCUT2D eigenvalue weighted by Crippen LogP contribution is 2.24. The number of sulfonamides is 1. The van der Waals surface area contributed by atoms with Crippen molar-refractivity contribution in [1.29, 1.82) is 0 Å². The first-order chi connectivity index (χ1) is 15.4. The fourth-order valence-electron chi connectivity index (χ4n) is 4.34. The van der Waals surface area contributed by atoms with Crippen molar-refractivity contribution in [3.8, 4) is 0 Å². The lowest BCUT2D eigenvalue weighted by atomic mass is 10.0. The molecule has 2 aromatic rings. The number of rotatable bonds is 9. The van der Waals surface area contributed by atoms with Gasteiger partial charge in [-0.3, -0.25) is 9.69 Å². The first-order valence-electron chi connectivity index (χ1n) is 11.6. The maximum absolute atomic E-state index is 13.1. The van der Waals surface area contributed by atoms with Gasteiger partial charge in [-0.15, -0.1) is 0 Å². The number of nitrogens with one attached hydrogen (secondary N) is 1. The summed E-state index contributed by atoms with van der Waals surface area (Å²) in [5, 5.41) is 3.06. The Hall–Kier alpha value is -2.22. The minimum absolute atomic E-state index is 0.0516. The highest BCUT2D eigenvalue weighted by molar-refractivity contribution is 7.89. The lowest BCUT2D eigenvalue weighted by molar-refractivity contribution is 0.0934. The van der Waals surface area contributed by atoms with Gasteiger partial charge in [-0.1, -0.05) is 56.7 Å². The van der Waals surface area contributed by atoms with Gasteiger partial charge in [0.05, 0.1) is 10.9 Å². The molecule has 0 radical (unpaired) electrons. The van der Waals surface area contributed by atoms with E-state index in [1.807, 2.05) is 25.1 Å². The van der Waals surface area contributed by atoms with Gasteiger partial charge in [0, 0.05) is 25.2 Å². The van der Waals surface area contributed by atoms with Crippen LogP contribution in [0.5, 0.6) is 0 Å². The largest absolute Gasteiger partial charge is 0.350 e. The molecule has 32 heavy (non-hydrogen) atoms. The molecule has 1 aliphatic heterocycles. The molecule has 0 bridgehead atoms. The van der Waals surface area contributed by atoms with Crippen LogP contribution in [0.25, 0.3) is 0 Å². The molecule has 0 saturated carbocycles. The van der Waals surface area contributed by atoms with Crippen LogP contribution in [0.4, 0.5) is 0 Å². The first kappa shape index (κ1) is 24.4. The van der Waals surface area contributed by atoms with Gasteiger partial charge in [0.1, 0.15) is 0 Å². The zero-order valence-corrected chi connectivity index (χ0v) is 20.2. The molecule has 0 spiro atoms. The van der Waals surface area contributed by atoms with Crippen molar-refractivity contribution < 1.29 is 13.2 Å². The molecule has 1 N–H and O–H groups in total. The normalized spacial score (nSPS) is 16.1. The van der Waals surface area contributed by atoms with E-state index in [9.17, 15) is 13.2 Å². The molecule has 2 aromatic carbocycles. The number of amides is 1. The van der Waals surface area contributed by atoms with Crippen LogP contribution >= 0.6 is 0 Å². The smallest absolute Gasteiger partial charge is 0.251 e. The van der Waals surface area contributed by atoms with Gasteiger partial charge in [-0.2, -0.15) is 4.31 Å². The molecule has 1 saturated heterocycles. The van der Waals surface area contributed by atoms with Crippen molar-refractivity contribution >= 4 is 15.9 Å². The molecular formula is C25H35N3O3S. The third-order valence-corrected chi connectivity index (χ3v) is 8.19. The summed E-state index contributed by atoms with van der Waals surface area (Å²) in [7, 11) is -3.59. The Labute approximate surface area is 192 Å². The molecule has 174 valence electrons. The molecule has 3 rings (SSSR count). The van der Waals surface area contributed by atoms with Crippen LogP contribution in [0.1, 0.15) is 60.6 Å². The summed E-state index contributed by atoms with van der Waals surface area (Å²) in [5.41, 5.74) is 2.32. The van der Waals surface area contributed by atoms with Gasteiger partial charge >= 0.3 is 0 Å². The van der Waals surface area contributed by atoms with Crippen molar-refractivity contribution in [2.75, 3.05) is 32.7 Å². The predicted octanol–water partition coefficient (Wildman–Crippen LogP) is 3.98. The van der Waals surface area contributed by atoms with Crippen molar-refractivity contribution in [3.05, 3.63) is 65.2 Å². The summed E-state index contributed by atoms with van der Waals surface area (Å²) in [6.45, 7) is 9.34. The number of carbonyl (C=O) groups is 1. The highest BCUT2D eigenvalue weighted by atomic mass is 32.2. The Bertz CT molecular complexity index is 998. The van der Waals surface area contributed by atoms with Crippen LogP contribution in [-0.2, 0) is 10.0 Å². The van der Waals surface area contributed by atoms with Crippen molar-refractivity contribution in [1.82, 2.24) is 14.5 Å². The van der Waals surface area contributed by atoms with E-state index in [1.165, 1.54) is 10.4 Å². The summed E-state index contributed by atoms with van der Waals surface area (Å²) < 4.78 is 27.7. The zero-order valence-electron chi connectivity index (χ0n) is 19.4. The number of hydrogen-bond acceptors (Lipinski definition) is 4. The Morgan fingerprint density at radius 2 is 1.69 bits per heavy atom. The fourth-order valence-corrected chi connectivity index (χ4v) is 5.89. The van der Waals surface area contributed by atoms with E-state index in [0.717, 1.165) is 43.5 Å². The van der Waals surface area contributed by atoms with Crippen molar-refractivity contribution in [2.45, 2.75) is 51.0 Å². The molecule has 7 heteroatoms. The molecule has 1 atom stereocenters. The third kappa shape index (κ3) is 5.57. The van der Waals surface area contributed by atoms with Crippen LogP contribution in [0.3, 0.4) is 0 Å². The summed E-state index contributed by atoms with van der Waals surface area (Å²) in [5.74, 6) is -0.244. The number of hydrogen-bond donors (Lipinski definition) is 1. The van der Waals surface area contributed by atoms with Gasteiger partial charge in [-0.25, -0.2) is 8.42 Å². The minimum Gasteiger partial charge on any atom is -0.350 e. The predicted molar refractivity (Wildman–Crippen MR) is 128 cm³/mol. The highest BCUT2D eigenvalue weighted by Gasteiger charge is 2.27. The Kier molecular flexibility index (Phi) is 8.45. The zero-order chi connectivity index (χ0) is 23.1. The molecular weight excluding hydrogens is 422 g/mol. The van der Waals surface area contributed by atoms with Crippen LogP contribution in [0, 0.1) is 6.92 Å². The number of likely N-dealkylation sites (N-methyl/N-ethyl adjacent to an activating group) is 1. The number of benzene rings is 2. The molecule has 1 unspecified atom stereocenters. The lowest BCUT2D eigenvalue weighted by Gasteiger charge is -2.30. The average Bonchev–Trinajstić information content (AvgIpc) is 2.82. The molecule has 1 heterocycles. The SMILES string of the molecule is CCN(CC)C(CNC(=O)c1cc(S(=O)(=O)N2CCCCC2)ccc1C)c1ccccc1. The molecule has 1 fully saturated rings. The van der Waals surface area contributed by atoms with E-state index in [4.69, 9.17) is 0 Å². The van der Waals surface area contributed by atoms with E-state index in [0.29, 0.717) is 25.2 Å². The Balaban J connectivity index is 1.80. The summed E-state index contributed by atoms with van der Waals surface area (Å²) >= 11 is 0. The second kappa shape index (κ2) is 11.1. The van der Waals surface area contributed by atoms with Gasteiger partial charge < -0.3 is 5.32 Å². The van der Waals surface area contributed by atoms with Gasteiger partial charge in [-0.05, 0) is 56.1 Å². The monoisotopic (exact) mass is 457 g/mol. The Morgan fingerprint density at radius 1 is 1.03 bits per heavy atom. The summed E-state index contributed by atoms with van der Waals surface area (Å²) in [6.07, 6.45) is 2.82. The second-order valence-electron chi connectivity index (χ2n) is 8.30. The quantitative estimate of drug-likeness (QED) is 0.618.